The van der Waals surface area contributed by atoms with Crippen molar-refractivity contribution >= 4 is 0 Å². The molecule has 1 aromatic rings. The number of rotatable bonds is 1. The molecule has 0 aliphatic heterocycles. The van der Waals surface area contributed by atoms with Gasteiger partial charge in [-0.15, -0.1) is 0 Å². The molecule has 0 radical (unpaired) electrons. The van der Waals surface area contributed by atoms with Crippen LogP contribution >= 0.6 is 0 Å². The van der Waals surface area contributed by atoms with E-state index < -0.39 is 0 Å². The smallest absolute Gasteiger partial charge is 0.118 e. The van der Waals surface area contributed by atoms with E-state index in [2.05, 4.69) is 0 Å². The highest BCUT2D eigenvalue weighted by molar-refractivity contribution is 5.08. The Labute approximate surface area is 53.7 Å². The molecule has 1 aromatic heterocycles. The first-order chi connectivity index (χ1) is 4.33. The van der Waals surface area contributed by atoms with Crippen molar-refractivity contribution in [3.05, 3.63) is 23.7 Å². The lowest BCUT2D eigenvalue weighted by molar-refractivity contribution is 0.496. The predicted octanol–water partition coefficient (Wildman–Crippen LogP) is 1.65. The number of hydrogen-bond acceptors (Lipinski definition) is 2. The molecule has 2 nitrogen and oxygen atoms in total. The summed E-state index contributed by atoms with van der Waals surface area (Å²) < 4.78 is 5.10. The maximum Gasteiger partial charge on any atom is 0.118 e. The third-order valence-electron chi connectivity index (χ3n) is 1.05. The molecule has 0 fully saturated rings. The molecule has 0 spiro atoms. The molecule has 0 unspecified atom stereocenters. The van der Waals surface area contributed by atoms with Gasteiger partial charge in [-0.2, -0.15) is 5.26 Å². The summed E-state index contributed by atoms with van der Waals surface area (Å²) in [6, 6.07) is 5.68. The average molecular weight is 121 g/mol. The van der Waals surface area contributed by atoms with Crippen molar-refractivity contribution in [3.63, 3.8) is 0 Å². The molecule has 0 aromatic carbocycles. The van der Waals surface area contributed by atoms with Crippen molar-refractivity contribution in [2.24, 2.45) is 0 Å². The van der Waals surface area contributed by atoms with Gasteiger partial charge < -0.3 is 4.42 Å². The second-order valence-electron chi connectivity index (χ2n) is 1.85. The van der Waals surface area contributed by atoms with E-state index >= 15 is 0 Å². The Kier molecular flexibility index (Phi) is 1.55. The number of nitrogens with zero attached hydrogens (tertiary/aromatic N) is 1. The minimum absolute atomic E-state index is 0.369. The van der Waals surface area contributed by atoms with E-state index in [4.69, 9.17) is 9.68 Å². The van der Waals surface area contributed by atoms with E-state index in [0.717, 1.165) is 11.5 Å². The Hall–Kier alpha value is -1.23. The highest BCUT2D eigenvalue weighted by Crippen LogP contribution is 2.05. The van der Waals surface area contributed by atoms with Crippen LogP contribution in [0.25, 0.3) is 0 Å². The van der Waals surface area contributed by atoms with Crippen LogP contribution in [0.3, 0.4) is 0 Å². The van der Waals surface area contributed by atoms with Gasteiger partial charge in [-0.1, -0.05) is 0 Å². The largest absolute Gasteiger partial charge is 0.465 e. The molecule has 46 valence electrons. The van der Waals surface area contributed by atoms with Crippen LogP contribution in [0.5, 0.6) is 0 Å². The van der Waals surface area contributed by atoms with Gasteiger partial charge >= 0.3 is 0 Å². The fourth-order valence-corrected chi connectivity index (χ4v) is 0.658. The second kappa shape index (κ2) is 2.36. The number of hydrogen-bond donors (Lipinski definition) is 0. The Morgan fingerprint density at radius 3 is 2.89 bits per heavy atom. The normalized spacial score (nSPS) is 8.89. The topological polar surface area (TPSA) is 36.9 Å². The number of nitriles is 1. The van der Waals surface area contributed by atoms with E-state index in [1.807, 2.05) is 25.1 Å². The Morgan fingerprint density at radius 2 is 2.44 bits per heavy atom. The van der Waals surface area contributed by atoms with Gasteiger partial charge in [-0.25, -0.2) is 0 Å². The molecule has 0 saturated carbocycles. The van der Waals surface area contributed by atoms with E-state index in [1.165, 1.54) is 0 Å². The predicted molar refractivity (Wildman–Crippen MR) is 32.8 cm³/mol. The Morgan fingerprint density at radius 1 is 1.67 bits per heavy atom. The quantitative estimate of drug-likeness (QED) is 0.566. The van der Waals surface area contributed by atoms with Crippen LogP contribution in [0.2, 0.25) is 0 Å². The van der Waals surface area contributed by atoms with Crippen LogP contribution in [0, 0.1) is 18.3 Å². The summed E-state index contributed by atoms with van der Waals surface area (Å²) in [5.74, 6) is 1.61. The molecule has 2 heteroatoms. The molecule has 9 heavy (non-hydrogen) atoms. The van der Waals surface area contributed by atoms with Gasteiger partial charge in [0.1, 0.15) is 11.5 Å². The van der Waals surface area contributed by atoms with Crippen molar-refractivity contribution in [1.82, 2.24) is 0 Å². The first-order valence-electron chi connectivity index (χ1n) is 2.75. The summed E-state index contributed by atoms with van der Waals surface area (Å²) in [5.41, 5.74) is 0. The lowest BCUT2D eigenvalue weighted by atomic mass is 10.3. The van der Waals surface area contributed by atoms with E-state index in [9.17, 15) is 0 Å². The summed E-state index contributed by atoms with van der Waals surface area (Å²) in [6.07, 6.45) is 0.369. The second-order valence-corrected chi connectivity index (χ2v) is 1.85. The third-order valence-corrected chi connectivity index (χ3v) is 1.05. The summed E-state index contributed by atoms with van der Waals surface area (Å²) in [7, 11) is 0. The molecule has 0 amide bonds. The molecule has 1 heterocycles. The van der Waals surface area contributed by atoms with Gasteiger partial charge in [0.15, 0.2) is 0 Å². The molecule has 0 atom stereocenters. The van der Waals surface area contributed by atoms with Crippen molar-refractivity contribution in [2.45, 2.75) is 13.3 Å². The van der Waals surface area contributed by atoms with Gasteiger partial charge in [-0.3, -0.25) is 0 Å². The minimum atomic E-state index is 0.369. The zero-order valence-electron chi connectivity index (χ0n) is 5.22. The Bertz CT molecular complexity index is 231. The zero-order chi connectivity index (χ0) is 6.69. The van der Waals surface area contributed by atoms with Gasteiger partial charge in [0, 0.05) is 0 Å². The van der Waals surface area contributed by atoms with Crippen LogP contribution in [0.4, 0.5) is 0 Å². The maximum atomic E-state index is 8.22. The van der Waals surface area contributed by atoms with Crippen molar-refractivity contribution in [1.29, 1.82) is 5.26 Å². The van der Waals surface area contributed by atoms with E-state index in [-0.39, 0.29) is 0 Å². The monoisotopic (exact) mass is 121 g/mol. The summed E-state index contributed by atoms with van der Waals surface area (Å²) in [5, 5.41) is 8.22. The highest BCUT2D eigenvalue weighted by atomic mass is 16.3. The van der Waals surface area contributed by atoms with Crippen LogP contribution in [0.1, 0.15) is 11.5 Å². The molecule has 0 aliphatic carbocycles. The van der Waals surface area contributed by atoms with E-state index in [0.29, 0.717) is 6.42 Å². The SMILES string of the molecule is Cc1ccc(CC#N)o1. The van der Waals surface area contributed by atoms with Gasteiger partial charge in [0.2, 0.25) is 0 Å². The number of aryl methyl sites for hydroxylation is 1. The summed E-state index contributed by atoms with van der Waals surface area (Å²) in [6.45, 7) is 1.86. The molecule has 0 saturated heterocycles. The Balaban J connectivity index is 2.76. The number of furan rings is 1. The van der Waals surface area contributed by atoms with Crippen molar-refractivity contribution < 1.29 is 4.42 Å². The fourth-order valence-electron chi connectivity index (χ4n) is 0.658. The minimum Gasteiger partial charge on any atom is -0.465 e. The summed E-state index contributed by atoms with van der Waals surface area (Å²) in [4.78, 5) is 0. The molecular weight excluding hydrogens is 114 g/mol. The van der Waals surface area contributed by atoms with Gasteiger partial charge in [0.05, 0.1) is 12.5 Å². The zero-order valence-corrected chi connectivity index (χ0v) is 5.22. The van der Waals surface area contributed by atoms with Crippen LogP contribution in [-0.4, -0.2) is 0 Å². The highest BCUT2D eigenvalue weighted by Gasteiger charge is 1.94. The molecule has 0 aliphatic rings. The van der Waals surface area contributed by atoms with Crippen molar-refractivity contribution in [2.75, 3.05) is 0 Å². The maximum absolute atomic E-state index is 8.22. The molecule has 1 rings (SSSR count). The van der Waals surface area contributed by atoms with Crippen LogP contribution in [-0.2, 0) is 6.42 Å². The van der Waals surface area contributed by atoms with Crippen molar-refractivity contribution in [3.8, 4) is 6.07 Å². The first-order valence-corrected chi connectivity index (χ1v) is 2.75. The van der Waals surface area contributed by atoms with Gasteiger partial charge in [-0.05, 0) is 19.1 Å². The lowest BCUT2D eigenvalue weighted by Gasteiger charge is -1.81. The summed E-state index contributed by atoms with van der Waals surface area (Å²) >= 11 is 0. The first kappa shape index (κ1) is 5.90. The lowest BCUT2D eigenvalue weighted by Crippen LogP contribution is -1.71. The van der Waals surface area contributed by atoms with Crippen LogP contribution in [0.15, 0.2) is 16.5 Å². The van der Waals surface area contributed by atoms with Gasteiger partial charge in [0.25, 0.3) is 0 Å². The average Bonchev–Trinajstić information content (AvgIpc) is 2.17. The van der Waals surface area contributed by atoms with E-state index in [1.54, 1.807) is 0 Å². The van der Waals surface area contributed by atoms with Crippen LogP contribution < -0.4 is 0 Å². The third kappa shape index (κ3) is 1.33. The fraction of sp³-hybridized carbons (Fsp3) is 0.286. The molecule has 0 N–H and O–H groups in total. The molecular formula is C7H7NO. The standard InChI is InChI=1S/C7H7NO/c1-6-2-3-7(9-6)4-5-8/h2-3H,4H2,1H3. The molecule has 0 bridgehead atoms.